The number of nitrogens with one attached hydrogen (secondary N) is 1. The maximum absolute atomic E-state index is 12.2. The fraction of sp³-hybridized carbons (Fsp3) is 0.267. The molecule has 100 valence electrons. The molecule has 1 heterocycles. The molecule has 2 rings (SSSR count). The first-order chi connectivity index (χ1) is 9.13. The number of carbonyl (C=O) groups is 1. The monoisotopic (exact) mass is 274 g/mol. The Kier molecular flexibility index (Phi) is 4.35. The van der Waals surface area contributed by atoms with E-state index in [4.69, 9.17) is 5.73 Å². The third-order valence-electron chi connectivity index (χ3n) is 3.12. The van der Waals surface area contributed by atoms with Crippen molar-refractivity contribution in [1.29, 1.82) is 0 Å². The lowest BCUT2D eigenvalue weighted by Gasteiger charge is -2.15. The van der Waals surface area contributed by atoms with E-state index in [-0.39, 0.29) is 5.91 Å². The first kappa shape index (κ1) is 13.8. The largest absolute Gasteiger partial charge is 0.324 e. The molecule has 0 radical (unpaired) electrons. The van der Waals surface area contributed by atoms with Crippen LogP contribution in [0.25, 0.3) is 0 Å². The van der Waals surface area contributed by atoms with Crippen molar-refractivity contribution in [3.63, 3.8) is 0 Å². The van der Waals surface area contributed by atoms with E-state index in [0.29, 0.717) is 0 Å². The lowest BCUT2D eigenvalue weighted by atomic mass is 10.1. The second-order valence-electron chi connectivity index (χ2n) is 4.44. The molecule has 0 aliphatic rings. The van der Waals surface area contributed by atoms with E-state index in [2.05, 4.69) is 12.2 Å². The number of aryl methyl sites for hydroxylation is 2. The van der Waals surface area contributed by atoms with Gasteiger partial charge >= 0.3 is 0 Å². The van der Waals surface area contributed by atoms with Crippen molar-refractivity contribution in [2.75, 3.05) is 5.32 Å². The Morgan fingerprint density at radius 2 is 2.16 bits per heavy atom. The predicted octanol–water partition coefficient (Wildman–Crippen LogP) is 3.26. The summed E-state index contributed by atoms with van der Waals surface area (Å²) in [5.74, 6) is -0.161. The summed E-state index contributed by atoms with van der Waals surface area (Å²) in [6.45, 7) is 4.06. The van der Waals surface area contributed by atoms with Gasteiger partial charge in [0.1, 0.15) is 6.04 Å². The number of hydrogen-bond acceptors (Lipinski definition) is 3. The molecule has 0 saturated heterocycles. The van der Waals surface area contributed by atoms with Gasteiger partial charge in [-0.2, -0.15) is 0 Å². The van der Waals surface area contributed by atoms with Gasteiger partial charge in [0.25, 0.3) is 0 Å². The Labute approximate surface area is 117 Å². The Balaban J connectivity index is 2.20. The molecule has 19 heavy (non-hydrogen) atoms. The molecule has 0 bridgehead atoms. The molecule has 0 aliphatic heterocycles. The fourth-order valence-electron chi connectivity index (χ4n) is 2.00. The van der Waals surface area contributed by atoms with Crippen molar-refractivity contribution in [1.82, 2.24) is 0 Å². The first-order valence-corrected chi connectivity index (χ1v) is 7.19. The average Bonchev–Trinajstić information content (AvgIpc) is 2.94. The topological polar surface area (TPSA) is 55.1 Å². The minimum absolute atomic E-state index is 0.161. The Bertz CT molecular complexity index is 564. The molecule has 0 saturated carbocycles. The first-order valence-electron chi connectivity index (χ1n) is 6.31. The molecule has 0 spiro atoms. The van der Waals surface area contributed by atoms with E-state index in [9.17, 15) is 4.79 Å². The summed E-state index contributed by atoms with van der Waals surface area (Å²) < 4.78 is 0. The number of para-hydroxylation sites is 1. The minimum atomic E-state index is -0.607. The van der Waals surface area contributed by atoms with Gasteiger partial charge in [0.15, 0.2) is 0 Å². The molecule has 4 heteroatoms. The van der Waals surface area contributed by atoms with Crippen molar-refractivity contribution in [2.24, 2.45) is 5.73 Å². The van der Waals surface area contributed by atoms with Crippen LogP contribution in [0.3, 0.4) is 0 Å². The van der Waals surface area contributed by atoms with E-state index in [1.165, 1.54) is 11.3 Å². The number of hydrogen-bond donors (Lipinski definition) is 2. The Hall–Kier alpha value is -1.65. The highest BCUT2D eigenvalue weighted by atomic mass is 32.1. The molecule has 1 aromatic carbocycles. The molecule has 0 aliphatic carbocycles. The zero-order valence-electron chi connectivity index (χ0n) is 11.1. The van der Waals surface area contributed by atoms with Gasteiger partial charge in [0.05, 0.1) is 0 Å². The van der Waals surface area contributed by atoms with Gasteiger partial charge in [-0.1, -0.05) is 31.2 Å². The van der Waals surface area contributed by atoms with E-state index in [0.717, 1.165) is 28.1 Å². The summed E-state index contributed by atoms with van der Waals surface area (Å²) in [7, 11) is 0. The highest BCUT2D eigenvalue weighted by Gasteiger charge is 2.18. The number of benzene rings is 1. The van der Waals surface area contributed by atoms with Crippen LogP contribution in [-0.2, 0) is 11.2 Å². The number of carbonyl (C=O) groups excluding carboxylic acids is 1. The van der Waals surface area contributed by atoms with Gasteiger partial charge in [-0.25, -0.2) is 0 Å². The summed E-state index contributed by atoms with van der Waals surface area (Å²) in [4.78, 5) is 13.1. The summed E-state index contributed by atoms with van der Waals surface area (Å²) >= 11 is 1.50. The maximum atomic E-state index is 12.2. The van der Waals surface area contributed by atoms with Crippen LogP contribution in [0.2, 0.25) is 0 Å². The van der Waals surface area contributed by atoms with Crippen molar-refractivity contribution < 1.29 is 4.79 Å². The smallest absolute Gasteiger partial charge is 0.246 e. The highest BCUT2D eigenvalue weighted by Crippen LogP contribution is 2.23. The van der Waals surface area contributed by atoms with Gasteiger partial charge in [-0.3, -0.25) is 4.79 Å². The van der Waals surface area contributed by atoms with Crippen molar-refractivity contribution in [3.8, 4) is 0 Å². The molecular formula is C15H18N2OS. The summed E-state index contributed by atoms with van der Waals surface area (Å²) in [6.07, 6.45) is 0.880. The van der Waals surface area contributed by atoms with Crippen molar-refractivity contribution >= 4 is 22.9 Å². The van der Waals surface area contributed by atoms with Crippen molar-refractivity contribution in [2.45, 2.75) is 26.3 Å². The van der Waals surface area contributed by atoms with Gasteiger partial charge < -0.3 is 11.1 Å². The molecule has 1 amide bonds. The van der Waals surface area contributed by atoms with Gasteiger partial charge in [0.2, 0.25) is 5.91 Å². The molecular weight excluding hydrogens is 256 g/mol. The van der Waals surface area contributed by atoms with Crippen LogP contribution < -0.4 is 11.1 Å². The molecule has 3 nitrogen and oxygen atoms in total. The van der Waals surface area contributed by atoms with Crippen LogP contribution in [-0.4, -0.2) is 5.91 Å². The van der Waals surface area contributed by atoms with Crippen LogP contribution >= 0.6 is 11.3 Å². The summed E-state index contributed by atoms with van der Waals surface area (Å²) in [6, 6.07) is 9.20. The van der Waals surface area contributed by atoms with Gasteiger partial charge in [-0.05, 0) is 35.9 Å². The van der Waals surface area contributed by atoms with E-state index in [1.54, 1.807) is 0 Å². The standard InChI is InChI=1S/C15H18N2OS/c1-3-11-7-4-6-10(2)14(11)17-15(18)13(16)12-8-5-9-19-12/h4-9,13H,3,16H2,1-2H3,(H,17,18). The second kappa shape index (κ2) is 5.99. The third-order valence-corrected chi connectivity index (χ3v) is 4.08. The van der Waals surface area contributed by atoms with E-state index >= 15 is 0 Å². The number of thiophene rings is 1. The van der Waals surface area contributed by atoms with E-state index < -0.39 is 6.04 Å². The zero-order chi connectivity index (χ0) is 13.8. The minimum Gasteiger partial charge on any atom is -0.324 e. The lowest BCUT2D eigenvalue weighted by Crippen LogP contribution is -2.27. The maximum Gasteiger partial charge on any atom is 0.246 e. The van der Waals surface area contributed by atoms with Crippen LogP contribution in [0, 0.1) is 6.92 Å². The molecule has 2 aromatic rings. The van der Waals surface area contributed by atoms with Crippen LogP contribution in [0.15, 0.2) is 35.7 Å². The quantitative estimate of drug-likeness (QED) is 0.899. The third kappa shape index (κ3) is 3.03. The summed E-state index contributed by atoms with van der Waals surface area (Å²) in [5, 5.41) is 4.88. The van der Waals surface area contributed by atoms with Crippen LogP contribution in [0.1, 0.15) is 29.0 Å². The highest BCUT2D eigenvalue weighted by molar-refractivity contribution is 7.10. The number of rotatable bonds is 4. The van der Waals surface area contributed by atoms with Crippen LogP contribution in [0.4, 0.5) is 5.69 Å². The fourth-order valence-corrected chi connectivity index (χ4v) is 2.73. The lowest BCUT2D eigenvalue weighted by molar-refractivity contribution is -0.117. The van der Waals surface area contributed by atoms with Crippen LogP contribution in [0.5, 0.6) is 0 Å². The van der Waals surface area contributed by atoms with Gasteiger partial charge in [-0.15, -0.1) is 11.3 Å². The number of nitrogens with two attached hydrogens (primary N) is 1. The van der Waals surface area contributed by atoms with Gasteiger partial charge in [0, 0.05) is 10.6 Å². The molecule has 1 atom stereocenters. The molecule has 1 unspecified atom stereocenters. The predicted molar refractivity (Wildman–Crippen MR) is 80.4 cm³/mol. The Morgan fingerprint density at radius 1 is 1.37 bits per heavy atom. The normalized spacial score (nSPS) is 12.2. The second-order valence-corrected chi connectivity index (χ2v) is 5.42. The SMILES string of the molecule is CCc1cccc(C)c1NC(=O)C(N)c1cccs1. The molecule has 3 N–H and O–H groups in total. The molecule has 1 aromatic heterocycles. The number of amides is 1. The molecule has 0 fully saturated rings. The zero-order valence-corrected chi connectivity index (χ0v) is 12.0. The van der Waals surface area contributed by atoms with E-state index in [1.807, 2.05) is 42.6 Å². The number of anilines is 1. The van der Waals surface area contributed by atoms with Crippen molar-refractivity contribution in [3.05, 3.63) is 51.7 Å². The Morgan fingerprint density at radius 3 is 2.79 bits per heavy atom. The summed E-state index contributed by atoms with van der Waals surface area (Å²) in [5.41, 5.74) is 9.05. The average molecular weight is 274 g/mol.